The van der Waals surface area contributed by atoms with Crippen LogP contribution in [-0.4, -0.2) is 241 Å². The average molecular weight is 1470 g/mol. The molecule has 0 saturated carbocycles. The Balaban J connectivity index is 0.971. The summed E-state index contributed by atoms with van der Waals surface area (Å²) in [6.07, 6.45) is -3.80. The second-order valence-corrected chi connectivity index (χ2v) is 32.3. The van der Waals surface area contributed by atoms with E-state index in [0.29, 0.717) is 80.6 Å². The number of cyclic esters (lactones) is 1. The van der Waals surface area contributed by atoms with Crippen molar-refractivity contribution in [1.29, 1.82) is 0 Å². The van der Waals surface area contributed by atoms with Crippen LogP contribution in [0.5, 0.6) is 0 Å². The van der Waals surface area contributed by atoms with Crippen LogP contribution in [-0.2, 0) is 61.9 Å². The van der Waals surface area contributed by atoms with E-state index in [0.717, 1.165) is 25.0 Å². The normalized spacial score (nSPS) is 34.5. The number of fused-ring (bicyclic) bond motifs is 1. The van der Waals surface area contributed by atoms with Crippen LogP contribution in [0.3, 0.4) is 0 Å². The van der Waals surface area contributed by atoms with Crippen molar-refractivity contribution in [2.24, 2.45) is 28.8 Å². The van der Waals surface area contributed by atoms with E-state index in [9.17, 15) is 48.9 Å². The number of Topliss-reactive ketones (excluding diaryl/α,β-unsaturated/α-hetero) is 1. The zero-order chi connectivity index (χ0) is 73.6. The number of benzene rings is 1. The number of carbonyl (C=O) groups is 7. The maximum Gasteiger partial charge on any atom is 0.315 e. The van der Waals surface area contributed by atoms with Gasteiger partial charge in [-0.2, -0.15) is 11.8 Å². The number of rotatable bonds is 34. The van der Waals surface area contributed by atoms with Gasteiger partial charge in [0.25, 0.3) is 5.91 Å². The molecule has 9 N–H and O–H groups in total. The fraction of sp³-hybridized carbons (Fsp3) is 0.812. The van der Waals surface area contributed by atoms with Gasteiger partial charge in [-0.15, -0.1) is 0 Å². The first-order valence-corrected chi connectivity index (χ1v) is 39.0. The number of hydrogen-bond donors (Lipinski definition) is 9. The number of unbranched alkanes of at least 4 members (excludes halogenated alkanes) is 2. The highest BCUT2D eigenvalue weighted by Crippen LogP contribution is 2.43. The number of nitrogens with zero attached hydrogens (tertiary/aromatic N) is 4. The first-order valence-electron chi connectivity index (χ1n) is 35.4. The smallest absolute Gasteiger partial charge is 0.315 e. The van der Waals surface area contributed by atoms with E-state index < -0.39 is 114 Å². The number of amides is 6. The van der Waals surface area contributed by atoms with Crippen molar-refractivity contribution >= 4 is 80.4 Å². The summed E-state index contributed by atoms with van der Waals surface area (Å²) in [4.78, 5) is 97.8. The van der Waals surface area contributed by atoms with Crippen LogP contribution in [0.15, 0.2) is 29.4 Å². The number of aliphatic hydroxyl groups is 3. The molecule has 5 fully saturated rings. The molecule has 0 radical (unpaired) electrons. The van der Waals surface area contributed by atoms with Crippen molar-refractivity contribution in [1.82, 2.24) is 36.8 Å². The molecule has 5 saturated heterocycles. The molecule has 1 aromatic rings. The second kappa shape index (κ2) is 40.1. The molecular formula is C69H114N10O18S3. The fourth-order valence-electron chi connectivity index (χ4n) is 14.4. The Morgan fingerprint density at radius 3 is 2.17 bits per heavy atom. The first-order chi connectivity index (χ1) is 47.4. The van der Waals surface area contributed by atoms with Crippen LogP contribution < -0.4 is 31.9 Å². The summed E-state index contributed by atoms with van der Waals surface area (Å²) in [7, 11) is 9.81. The highest BCUT2D eigenvalue weighted by molar-refractivity contribution is 8.76. The molecule has 28 nitrogen and oxygen atoms in total. The number of carbonyl (C=O) groups excluding carboxylic acids is 7. The zero-order valence-corrected chi connectivity index (χ0v) is 63.3. The molecule has 5 aliphatic heterocycles. The van der Waals surface area contributed by atoms with Crippen molar-refractivity contribution in [3.63, 3.8) is 0 Å². The van der Waals surface area contributed by atoms with Gasteiger partial charge in [0.15, 0.2) is 12.6 Å². The standard InChI is InChI=1S/C69H114N10O18S3/c1-15-51-69(10,89)59(84)41(4)56(82)39(2)36-67(8,90-13)60(97-65-57(83)49(79(11)12)35-40(3)93-65)42(5)58(43(6)64(87)95-51)96-54-37-68(9,91-14)61(44(7)94-54)92-32-20-30-72-53(81)28-33-99-100-34-31-73-63(86)47(74-62(85)45-24-26-46(27-25-45)77-78-70)21-18-19-29-71-52(80)23-17-16-22-50-55-48(38-98-50)75-66(88)76-55/h24-27,39-44,47-51,54-55,57-61,65,83-84,89H,15-23,28-38H2,1-14H3,(H,71,80)(H,72,81)(H,73,86)(H,74,85)(H2,75,76,88)/t39-,40-,41+,42+,43-,44+,47?,48?,49+,50?,51-,54+,55?,57-,58+,59-,60-,61+,65+,67-,68-,69-/m1/s1. The minimum absolute atomic E-state index is 0.0468. The highest BCUT2D eigenvalue weighted by atomic mass is 33.1. The van der Waals surface area contributed by atoms with Crippen molar-refractivity contribution in [3.8, 4) is 0 Å². The minimum atomic E-state index is -2.03. The van der Waals surface area contributed by atoms with Crippen LogP contribution in [0.4, 0.5) is 10.5 Å². The highest BCUT2D eigenvalue weighted by Gasteiger charge is 2.55. The lowest BCUT2D eigenvalue weighted by Crippen LogP contribution is -2.61. The third kappa shape index (κ3) is 23.5. The molecule has 5 heterocycles. The number of ketones is 1. The van der Waals surface area contributed by atoms with Crippen LogP contribution in [0.2, 0.25) is 0 Å². The number of azide groups is 1. The summed E-state index contributed by atoms with van der Waals surface area (Å²) in [5.41, 5.74) is 5.07. The Kier molecular flexibility index (Phi) is 33.8. The molecule has 5 aliphatic rings. The summed E-state index contributed by atoms with van der Waals surface area (Å²) >= 11 is 1.85. The number of esters is 1. The maximum atomic E-state index is 14.6. The lowest BCUT2D eigenvalue weighted by atomic mass is 9.74. The SMILES string of the molecule is CC[C@H]1OC(=O)[C@H](C)[C@@H](O[C@H]2C[C@@](C)(OC)[C@@H](OCCCNC(=O)CCSSCCNC(=O)C(CCCCNC(=O)CCCCC3SCC4NC(=O)NC43)NC(=O)c3ccc(N=[N+]=[N-])cc3)[C@H](C)O2)[C@H](C)[C@@H](O[C@@H]2O[C@H](C)C[C@H](N(C)C)[C@H]2O)[C@](C)(OC)C[C@@H](C)C(=O)[C@H](C)[C@@H](O)[C@]1(C)O. The van der Waals surface area contributed by atoms with E-state index in [4.69, 9.17) is 43.4 Å². The van der Waals surface area contributed by atoms with E-state index in [1.165, 1.54) is 59.9 Å². The molecule has 6 amide bonds. The monoisotopic (exact) mass is 1470 g/mol. The zero-order valence-electron chi connectivity index (χ0n) is 60.9. The van der Waals surface area contributed by atoms with E-state index in [1.807, 2.05) is 58.5 Å². The molecule has 0 bridgehead atoms. The van der Waals surface area contributed by atoms with Crippen LogP contribution in [0.25, 0.3) is 10.4 Å². The van der Waals surface area contributed by atoms with E-state index in [-0.39, 0.29) is 91.6 Å². The Morgan fingerprint density at radius 2 is 1.50 bits per heavy atom. The summed E-state index contributed by atoms with van der Waals surface area (Å²) in [5.74, 6) is -3.85. The Bertz CT molecular complexity index is 2870. The number of likely N-dealkylation sites (N-methyl/N-ethyl adjacent to an activating group) is 1. The van der Waals surface area contributed by atoms with Gasteiger partial charge in [-0.05, 0) is 131 Å². The van der Waals surface area contributed by atoms with Gasteiger partial charge in [-0.3, -0.25) is 28.8 Å². The molecule has 566 valence electrons. The summed E-state index contributed by atoms with van der Waals surface area (Å²) in [6, 6.07) is 5.04. The quantitative estimate of drug-likeness (QED) is 0.00666. The molecule has 6 rings (SSSR count). The molecule has 31 heteroatoms. The maximum absolute atomic E-state index is 14.6. The predicted octanol–water partition coefficient (Wildman–Crippen LogP) is 6.61. The van der Waals surface area contributed by atoms with Gasteiger partial charge in [0.2, 0.25) is 17.7 Å². The third-order valence-electron chi connectivity index (χ3n) is 20.4. The van der Waals surface area contributed by atoms with Crippen molar-refractivity contribution < 1.29 is 86.8 Å². The van der Waals surface area contributed by atoms with Crippen molar-refractivity contribution in [3.05, 3.63) is 40.3 Å². The summed E-state index contributed by atoms with van der Waals surface area (Å²) in [5, 5.41) is 57.0. The molecular weight excluding hydrogens is 1350 g/mol. The van der Waals surface area contributed by atoms with Gasteiger partial charge in [0, 0.05) is 122 Å². The molecule has 0 aromatic heterocycles. The van der Waals surface area contributed by atoms with E-state index in [1.54, 1.807) is 41.7 Å². The van der Waals surface area contributed by atoms with Crippen LogP contribution in [0, 0.1) is 23.7 Å². The van der Waals surface area contributed by atoms with Gasteiger partial charge in [-0.25, -0.2) is 4.79 Å². The number of thioether (sulfide) groups is 1. The number of nitrogens with one attached hydrogen (secondary N) is 6. The van der Waals surface area contributed by atoms with Crippen LogP contribution >= 0.6 is 33.3 Å². The van der Waals surface area contributed by atoms with Gasteiger partial charge < -0.3 is 90.0 Å². The lowest BCUT2D eigenvalue weighted by molar-refractivity contribution is -0.322. The molecule has 100 heavy (non-hydrogen) atoms. The number of aliphatic hydroxyl groups excluding tert-OH is 2. The van der Waals surface area contributed by atoms with Gasteiger partial charge >= 0.3 is 12.0 Å². The van der Waals surface area contributed by atoms with E-state index in [2.05, 4.69) is 41.9 Å². The Morgan fingerprint density at radius 1 is 0.830 bits per heavy atom. The fourth-order valence-corrected chi connectivity index (χ4v) is 17.8. The summed E-state index contributed by atoms with van der Waals surface area (Å²) < 4.78 is 52.1. The van der Waals surface area contributed by atoms with Gasteiger partial charge in [-0.1, -0.05) is 73.0 Å². The molecule has 4 unspecified atom stereocenters. The van der Waals surface area contributed by atoms with Gasteiger partial charge in [0.05, 0.1) is 59.7 Å². The third-order valence-corrected chi connectivity index (χ3v) is 24.3. The number of methoxy groups -OCH3 is 2. The Hall–Kier alpha value is -4.57. The molecule has 0 spiro atoms. The predicted molar refractivity (Wildman–Crippen MR) is 382 cm³/mol. The topological polar surface area (TPSA) is 378 Å². The van der Waals surface area contributed by atoms with Crippen molar-refractivity contribution in [2.75, 3.05) is 71.8 Å². The molecule has 22 atom stereocenters. The van der Waals surface area contributed by atoms with E-state index >= 15 is 0 Å². The number of ether oxygens (including phenoxy) is 8. The van der Waals surface area contributed by atoms with Crippen LogP contribution in [0.1, 0.15) is 163 Å². The molecule has 1 aromatic carbocycles. The summed E-state index contributed by atoms with van der Waals surface area (Å²) in [6.45, 7) is 18.6. The first kappa shape index (κ1) is 84.4. The number of hydrogen-bond acceptors (Lipinski definition) is 23. The molecule has 0 aliphatic carbocycles. The lowest BCUT2D eigenvalue weighted by Gasteiger charge is -2.50. The number of urea groups is 1. The second-order valence-electron chi connectivity index (χ2n) is 28.3. The minimum Gasteiger partial charge on any atom is -0.459 e. The van der Waals surface area contributed by atoms with Crippen molar-refractivity contribution in [2.45, 2.75) is 260 Å². The largest absolute Gasteiger partial charge is 0.459 e. The average Bonchev–Trinajstić information content (AvgIpc) is 1.03. The van der Waals surface area contributed by atoms with Gasteiger partial charge in [0.1, 0.15) is 35.7 Å². The Labute approximate surface area is 602 Å².